The van der Waals surface area contributed by atoms with E-state index in [9.17, 15) is 18.0 Å². The van der Waals surface area contributed by atoms with Gasteiger partial charge in [-0.1, -0.05) is 30.7 Å². The highest BCUT2D eigenvalue weighted by molar-refractivity contribution is 5.81. The summed E-state index contributed by atoms with van der Waals surface area (Å²) in [6.45, 7) is 0.674. The van der Waals surface area contributed by atoms with E-state index in [-0.39, 0.29) is 11.7 Å². The minimum absolute atomic E-state index is 0.337. The van der Waals surface area contributed by atoms with Gasteiger partial charge in [0.2, 0.25) is 5.91 Å². The van der Waals surface area contributed by atoms with E-state index < -0.39 is 19.0 Å². The Labute approximate surface area is 168 Å². The molecule has 1 aliphatic rings. The number of hydrogen-bond donors (Lipinski definition) is 1. The third-order valence-electron chi connectivity index (χ3n) is 5.16. The zero-order valence-corrected chi connectivity index (χ0v) is 16.3. The van der Waals surface area contributed by atoms with Crippen LogP contribution in [0.15, 0.2) is 42.5 Å². The largest absolute Gasteiger partial charge is 0.496 e. The van der Waals surface area contributed by atoms with Crippen molar-refractivity contribution in [2.45, 2.75) is 38.3 Å². The summed E-state index contributed by atoms with van der Waals surface area (Å²) in [6, 6.07) is 11.6. The SMILES string of the molecule is COc1ccc(F)cc1-c1ccc(CN2CCCCC2C(=O)NCC(F)F)cc1. The lowest BCUT2D eigenvalue weighted by molar-refractivity contribution is -0.128. The van der Waals surface area contributed by atoms with Crippen LogP contribution in [-0.2, 0) is 11.3 Å². The van der Waals surface area contributed by atoms with Crippen LogP contribution in [0.25, 0.3) is 11.1 Å². The molecule has 0 saturated carbocycles. The predicted octanol–water partition coefficient (Wildman–Crippen LogP) is 4.24. The Bertz CT molecular complexity index is 827. The second-order valence-corrected chi connectivity index (χ2v) is 7.16. The van der Waals surface area contributed by atoms with Gasteiger partial charge in [0.1, 0.15) is 11.6 Å². The normalized spacial score (nSPS) is 17.3. The molecular formula is C22H25F3N2O2. The first kappa shape index (κ1) is 21.2. The maximum Gasteiger partial charge on any atom is 0.255 e. The first-order chi connectivity index (χ1) is 14.0. The summed E-state index contributed by atoms with van der Waals surface area (Å²) in [5.74, 6) is -0.0899. The summed E-state index contributed by atoms with van der Waals surface area (Å²) in [5, 5.41) is 2.34. The summed E-state index contributed by atoms with van der Waals surface area (Å²) in [6.07, 6.45) is -0.0183. The Kier molecular flexibility index (Phi) is 7.14. The van der Waals surface area contributed by atoms with Crippen molar-refractivity contribution in [1.82, 2.24) is 10.2 Å². The molecule has 0 spiro atoms. The van der Waals surface area contributed by atoms with Crippen LogP contribution >= 0.6 is 0 Å². The second kappa shape index (κ2) is 9.78. The summed E-state index contributed by atoms with van der Waals surface area (Å²) in [5.41, 5.74) is 2.49. The number of hydrogen-bond acceptors (Lipinski definition) is 3. The molecule has 1 saturated heterocycles. The minimum Gasteiger partial charge on any atom is -0.496 e. The highest BCUT2D eigenvalue weighted by Crippen LogP contribution is 2.31. The Morgan fingerprint density at radius 1 is 1.21 bits per heavy atom. The van der Waals surface area contributed by atoms with Crippen LogP contribution in [-0.4, -0.2) is 43.5 Å². The van der Waals surface area contributed by atoms with Gasteiger partial charge in [0, 0.05) is 12.1 Å². The molecule has 2 aromatic rings. The summed E-state index contributed by atoms with van der Waals surface area (Å²) in [4.78, 5) is 14.3. The Morgan fingerprint density at radius 2 is 1.97 bits per heavy atom. The average Bonchev–Trinajstić information content (AvgIpc) is 2.73. The number of amides is 1. The number of nitrogens with zero attached hydrogens (tertiary/aromatic N) is 1. The van der Waals surface area contributed by atoms with Crippen molar-refractivity contribution in [3.05, 3.63) is 53.8 Å². The van der Waals surface area contributed by atoms with Gasteiger partial charge >= 0.3 is 0 Å². The van der Waals surface area contributed by atoms with Crippen molar-refractivity contribution in [2.75, 3.05) is 20.2 Å². The van der Waals surface area contributed by atoms with Gasteiger partial charge in [0.15, 0.2) is 0 Å². The summed E-state index contributed by atoms with van der Waals surface area (Å²) < 4.78 is 43.8. The molecule has 3 rings (SSSR count). The molecule has 1 amide bonds. The van der Waals surface area contributed by atoms with Crippen LogP contribution in [0.5, 0.6) is 5.75 Å². The number of likely N-dealkylation sites (tertiary alicyclic amines) is 1. The van der Waals surface area contributed by atoms with Crippen LogP contribution < -0.4 is 10.1 Å². The number of nitrogens with one attached hydrogen (secondary N) is 1. The molecule has 29 heavy (non-hydrogen) atoms. The molecule has 0 radical (unpaired) electrons. The third-order valence-corrected chi connectivity index (χ3v) is 5.16. The van der Waals surface area contributed by atoms with E-state index in [0.29, 0.717) is 24.3 Å². The molecule has 0 aromatic heterocycles. The lowest BCUT2D eigenvalue weighted by Gasteiger charge is -2.34. The fraction of sp³-hybridized carbons (Fsp3) is 0.409. The molecule has 1 unspecified atom stereocenters. The van der Waals surface area contributed by atoms with E-state index in [4.69, 9.17) is 4.74 Å². The number of halogens is 3. The Morgan fingerprint density at radius 3 is 2.66 bits per heavy atom. The lowest BCUT2D eigenvalue weighted by atomic mass is 9.99. The van der Waals surface area contributed by atoms with E-state index in [0.717, 1.165) is 30.5 Å². The Hall–Kier alpha value is -2.54. The number of alkyl halides is 2. The zero-order chi connectivity index (χ0) is 20.8. The fourth-order valence-corrected chi connectivity index (χ4v) is 3.70. The number of carbonyl (C=O) groups excluding carboxylic acids is 1. The van der Waals surface area contributed by atoms with Crippen LogP contribution in [0.1, 0.15) is 24.8 Å². The van der Waals surface area contributed by atoms with E-state index >= 15 is 0 Å². The molecule has 1 heterocycles. The Balaban J connectivity index is 1.71. The predicted molar refractivity (Wildman–Crippen MR) is 105 cm³/mol. The number of carbonyl (C=O) groups is 1. The molecule has 7 heteroatoms. The number of methoxy groups -OCH3 is 1. The number of benzene rings is 2. The summed E-state index contributed by atoms with van der Waals surface area (Å²) in [7, 11) is 1.54. The van der Waals surface area contributed by atoms with Gasteiger partial charge in [0.25, 0.3) is 6.43 Å². The van der Waals surface area contributed by atoms with Gasteiger partial charge in [-0.15, -0.1) is 0 Å². The number of rotatable bonds is 7. The van der Waals surface area contributed by atoms with Gasteiger partial charge in [-0.05, 0) is 48.7 Å². The molecule has 4 nitrogen and oxygen atoms in total. The van der Waals surface area contributed by atoms with E-state index in [2.05, 4.69) is 5.32 Å². The molecule has 0 aliphatic carbocycles. The highest BCUT2D eigenvalue weighted by atomic mass is 19.3. The van der Waals surface area contributed by atoms with Gasteiger partial charge in [-0.2, -0.15) is 0 Å². The van der Waals surface area contributed by atoms with Crippen molar-refractivity contribution < 1.29 is 22.7 Å². The van der Waals surface area contributed by atoms with Gasteiger partial charge in [0.05, 0.1) is 19.7 Å². The van der Waals surface area contributed by atoms with Gasteiger partial charge in [-0.25, -0.2) is 13.2 Å². The molecule has 0 bridgehead atoms. The molecule has 1 aliphatic heterocycles. The van der Waals surface area contributed by atoms with Crippen molar-refractivity contribution in [3.63, 3.8) is 0 Å². The van der Waals surface area contributed by atoms with Gasteiger partial charge in [-0.3, -0.25) is 9.69 Å². The van der Waals surface area contributed by atoms with Crippen molar-refractivity contribution in [2.24, 2.45) is 0 Å². The zero-order valence-electron chi connectivity index (χ0n) is 16.3. The first-order valence-electron chi connectivity index (χ1n) is 9.70. The molecule has 1 N–H and O–H groups in total. The highest BCUT2D eigenvalue weighted by Gasteiger charge is 2.28. The van der Waals surface area contributed by atoms with E-state index in [1.165, 1.54) is 12.1 Å². The quantitative estimate of drug-likeness (QED) is 0.748. The maximum absolute atomic E-state index is 13.6. The smallest absolute Gasteiger partial charge is 0.255 e. The van der Waals surface area contributed by atoms with Crippen molar-refractivity contribution in [3.8, 4) is 16.9 Å². The second-order valence-electron chi connectivity index (χ2n) is 7.16. The van der Waals surface area contributed by atoms with Crippen molar-refractivity contribution in [1.29, 1.82) is 0 Å². The van der Waals surface area contributed by atoms with E-state index in [1.807, 2.05) is 29.2 Å². The standard InChI is InChI=1S/C22H25F3N2O2/c1-29-20-10-9-17(23)12-18(20)16-7-5-15(6-8-16)14-27-11-3-2-4-19(27)22(28)26-13-21(24)25/h5-10,12,19,21H,2-4,11,13-14H2,1H3,(H,26,28). The van der Waals surface area contributed by atoms with E-state index in [1.54, 1.807) is 13.2 Å². The number of piperidine rings is 1. The number of ether oxygens (including phenoxy) is 1. The molecular weight excluding hydrogens is 381 g/mol. The molecule has 1 fully saturated rings. The molecule has 1 atom stereocenters. The van der Waals surface area contributed by atoms with Crippen LogP contribution in [0.4, 0.5) is 13.2 Å². The van der Waals surface area contributed by atoms with Crippen molar-refractivity contribution >= 4 is 5.91 Å². The average molecular weight is 406 g/mol. The summed E-state index contributed by atoms with van der Waals surface area (Å²) >= 11 is 0. The first-order valence-corrected chi connectivity index (χ1v) is 9.70. The van der Waals surface area contributed by atoms with Crippen LogP contribution in [0, 0.1) is 5.82 Å². The lowest BCUT2D eigenvalue weighted by Crippen LogP contribution is -2.49. The maximum atomic E-state index is 13.6. The minimum atomic E-state index is -2.55. The van der Waals surface area contributed by atoms with Crippen LogP contribution in [0.2, 0.25) is 0 Å². The van der Waals surface area contributed by atoms with Crippen LogP contribution in [0.3, 0.4) is 0 Å². The topological polar surface area (TPSA) is 41.6 Å². The monoisotopic (exact) mass is 406 g/mol. The fourth-order valence-electron chi connectivity index (χ4n) is 3.70. The molecule has 2 aromatic carbocycles. The third kappa shape index (κ3) is 5.50. The van der Waals surface area contributed by atoms with Gasteiger partial charge < -0.3 is 10.1 Å². The molecule has 156 valence electrons.